The molecule has 19 heavy (non-hydrogen) atoms. The highest BCUT2D eigenvalue weighted by atomic mass is 19.4. The van der Waals surface area contributed by atoms with Crippen molar-refractivity contribution in [1.29, 1.82) is 0 Å². The van der Waals surface area contributed by atoms with E-state index in [9.17, 15) is 22.8 Å². The molecule has 0 aliphatic carbocycles. The monoisotopic (exact) mass is 277 g/mol. The van der Waals surface area contributed by atoms with Gasteiger partial charge in [-0.25, -0.2) is 0 Å². The number of carbonyl (C=O) groups excluding carboxylic acids is 1. The van der Waals surface area contributed by atoms with E-state index < -0.39 is 35.3 Å². The van der Waals surface area contributed by atoms with Gasteiger partial charge in [-0.2, -0.15) is 13.2 Å². The second-order valence-electron chi connectivity index (χ2n) is 3.64. The summed E-state index contributed by atoms with van der Waals surface area (Å²) in [7, 11) is 0.945. The summed E-state index contributed by atoms with van der Waals surface area (Å²) in [6, 6.07) is 2.47. The molecular formula is C11H10F3NO4. The van der Waals surface area contributed by atoms with Crippen LogP contribution in [-0.4, -0.2) is 24.2 Å². The molecule has 104 valence electrons. The van der Waals surface area contributed by atoms with E-state index in [4.69, 9.17) is 10.8 Å². The average molecular weight is 277 g/mol. The van der Waals surface area contributed by atoms with Crippen LogP contribution in [0, 0.1) is 0 Å². The SMILES string of the molecule is COC(=O)C(C(=O)O)c1ccc(N)c(C(F)(F)F)c1. The number of halogens is 3. The molecule has 1 rings (SSSR count). The zero-order valence-electron chi connectivity index (χ0n) is 9.69. The summed E-state index contributed by atoms with van der Waals surface area (Å²) in [5, 5.41) is 8.88. The van der Waals surface area contributed by atoms with Crippen molar-refractivity contribution in [3.05, 3.63) is 29.3 Å². The van der Waals surface area contributed by atoms with Gasteiger partial charge >= 0.3 is 18.1 Å². The van der Waals surface area contributed by atoms with Gasteiger partial charge in [-0.1, -0.05) is 6.07 Å². The van der Waals surface area contributed by atoms with E-state index >= 15 is 0 Å². The van der Waals surface area contributed by atoms with Gasteiger partial charge in [-0.3, -0.25) is 9.59 Å². The van der Waals surface area contributed by atoms with Crippen molar-refractivity contribution >= 4 is 17.6 Å². The molecule has 3 N–H and O–H groups in total. The van der Waals surface area contributed by atoms with E-state index in [1.807, 2.05) is 0 Å². The van der Waals surface area contributed by atoms with Gasteiger partial charge < -0.3 is 15.6 Å². The lowest BCUT2D eigenvalue weighted by Crippen LogP contribution is -2.23. The molecular weight excluding hydrogens is 267 g/mol. The van der Waals surface area contributed by atoms with Gasteiger partial charge in [0.2, 0.25) is 0 Å². The van der Waals surface area contributed by atoms with Crippen molar-refractivity contribution in [2.75, 3.05) is 12.8 Å². The molecule has 0 aliphatic rings. The minimum Gasteiger partial charge on any atom is -0.480 e. The number of esters is 1. The topological polar surface area (TPSA) is 89.6 Å². The number of nitrogen functional groups attached to an aromatic ring is 1. The van der Waals surface area contributed by atoms with Crippen LogP contribution in [0.1, 0.15) is 17.0 Å². The number of alkyl halides is 3. The Labute approximate surface area is 105 Å². The third-order valence-electron chi connectivity index (χ3n) is 2.40. The molecule has 1 aromatic carbocycles. The number of anilines is 1. The summed E-state index contributed by atoms with van der Waals surface area (Å²) in [5.74, 6) is -4.60. The first-order chi connectivity index (χ1) is 8.68. The quantitative estimate of drug-likeness (QED) is 0.498. The number of benzene rings is 1. The second-order valence-corrected chi connectivity index (χ2v) is 3.64. The van der Waals surface area contributed by atoms with Crippen molar-refractivity contribution in [3.63, 3.8) is 0 Å². The van der Waals surface area contributed by atoms with Crippen LogP contribution in [0.4, 0.5) is 18.9 Å². The molecule has 0 saturated heterocycles. The summed E-state index contributed by atoms with van der Waals surface area (Å²) >= 11 is 0. The Bertz CT molecular complexity index is 513. The lowest BCUT2D eigenvalue weighted by atomic mass is 9.96. The minimum absolute atomic E-state index is 0.346. The highest BCUT2D eigenvalue weighted by Crippen LogP contribution is 2.35. The van der Waals surface area contributed by atoms with Crippen molar-refractivity contribution in [2.45, 2.75) is 12.1 Å². The number of nitrogens with two attached hydrogens (primary N) is 1. The number of carboxylic acids is 1. The van der Waals surface area contributed by atoms with Gasteiger partial charge in [-0.15, -0.1) is 0 Å². The van der Waals surface area contributed by atoms with E-state index in [0.717, 1.165) is 19.2 Å². The molecule has 1 aromatic rings. The Morgan fingerprint density at radius 3 is 2.37 bits per heavy atom. The second kappa shape index (κ2) is 5.17. The molecule has 0 heterocycles. The first-order valence-corrected chi connectivity index (χ1v) is 4.95. The van der Waals surface area contributed by atoms with Gasteiger partial charge in [0.05, 0.1) is 12.7 Å². The van der Waals surface area contributed by atoms with Crippen LogP contribution >= 0.6 is 0 Å². The number of carbonyl (C=O) groups is 2. The fraction of sp³-hybridized carbons (Fsp3) is 0.273. The molecule has 1 atom stereocenters. The standard InChI is InChI=1S/C11H10F3NO4/c1-19-10(18)8(9(16)17)5-2-3-7(15)6(4-5)11(12,13)14/h2-4,8H,15H2,1H3,(H,16,17). The first kappa shape index (κ1) is 14.8. The summed E-state index contributed by atoms with van der Waals surface area (Å²) in [5.41, 5.74) is 3.09. The molecule has 0 radical (unpaired) electrons. The van der Waals surface area contributed by atoms with Gasteiger partial charge in [0.25, 0.3) is 0 Å². The van der Waals surface area contributed by atoms with Crippen molar-refractivity contribution in [3.8, 4) is 0 Å². The number of rotatable bonds is 3. The zero-order valence-corrected chi connectivity index (χ0v) is 9.69. The third kappa shape index (κ3) is 3.15. The fourth-order valence-electron chi connectivity index (χ4n) is 1.50. The molecule has 0 amide bonds. The highest BCUT2D eigenvalue weighted by Gasteiger charge is 2.36. The van der Waals surface area contributed by atoms with E-state index in [1.54, 1.807) is 0 Å². The number of carboxylic acid groups (broad SMARTS) is 1. The van der Waals surface area contributed by atoms with Gasteiger partial charge in [0.1, 0.15) is 0 Å². The molecule has 5 nitrogen and oxygen atoms in total. The Morgan fingerprint density at radius 2 is 1.95 bits per heavy atom. The molecule has 0 aliphatic heterocycles. The molecule has 8 heteroatoms. The van der Waals surface area contributed by atoms with Crippen LogP contribution < -0.4 is 5.73 Å². The summed E-state index contributed by atoms with van der Waals surface area (Å²) < 4.78 is 42.1. The smallest absolute Gasteiger partial charge is 0.418 e. The van der Waals surface area contributed by atoms with Crippen LogP contribution in [0.2, 0.25) is 0 Å². The summed E-state index contributed by atoms with van der Waals surface area (Å²) in [6.07, 6.45) is -4.74. The van der Waals surface area contributed by atoms with Crippen LogP contribution in [0.3, 0.4) is 0 Å². The maximum Gasteiger partial charge on any atom is 0.418 e. The molecule has 0 fully saturated rings. The predicted molar refractivity (Wildman–Crippen MR) is 58.2 cm³/mol. The number of ether oxygens (including phenoxy) is 1. The largest absolute Gasteiger partial charge is 0.480 e. The predicted octanol–water partition coefficient (Wildman–Crippen LogP) is 1.63. The maximum atomic E-state index is 12.6. The lowest BCUT2D eigenvalue weighted by molar-refractivity contribution is -0.152. The van der Waals surface area contributed by atoms with Crippen LogP contribution in [0.5, 0.6) is 0 Å². The summed E-state index contributed by atoms with van der Waals surface area (Å²) in [4.78, 5) is 22.2. The van der Waals surface area contributed by atoms with Crippen LogP contribution in [0.15, 0.2) is 18.2 Å². The Morgan fingerprint density at radius 1 is 1.37 bits per heavy atom. The third-order valence-corrected chi connectivity index (χ3v) is 2.40. The first-order valence-electron chi connectivity index (χ1n) is 4.95. The number of hydrogen-bond acceptors (Lipinski definition) is 4. The molecule has 0 bridgehead atoms. The van der Waals surface area contributed by atoms with Crippen molar-refractivity contribution in [1.82, 2.24) is 0 Å². The summed E-state index contributed by atoms with van der Waals surface area (Å²) in [6.45, 7) is 0. The van der Waals surface area contributed by atoms with Crippen molar-refractivity contribution in [2.24, 2.45) is 0 Å². The highest BCUT2D eigenvalue weighted by molar-refractivity contribution is 6.00. The van der Waals surface area contributed by atoms with Crippen LogP contribution in [0.25, 0.3) is 0 Å². The maximum absolute atomic E-state index is 12.6. The number of hydrogen-bond donors (Lipinski definition) is 2. The average Bonchev–Trinajstić information content (AvgIpc) is 2.29. The Balaban J connectivity index is 3.34. The van der Waals surface area contributed by atoms with Crippen molar-refractivity contribution < 1.29 is 32.6 Å². The molecule has 0 aromatic heterocycles. The van der Waals surface area contributed by atoms with E-state index in [1.165, 1.54) is 0 Å². The van der Waals surface area contributed by atoms with Crippen LogP contribution in [-0.2, 0) is 20.5 Å². The zero-order chi connectivity index (χ0) is 14.8. The normalized spacial score (nSPS) is 12.8. The van der Waals surface area contributed by atoms with Gasteiger partial charge in [0, 0.05) is 5.69 Å². The minimum atomic E-state index is -4.74. The molecule has 0 saturated carbocycles. The van der Waals surface area contributed by atoms with Gasteiger partial charge in [-0.05, 0) is 17.7 Å². The van der Waals surface area contributed by atoms with E-state index in [0.29, 0.717) is 6.07 Å². The van der Waals surface area contributed by atoms with E-state index in [2.05, 4.69) is 4.74 Å². The number of methoxy groups -OCH3 is 1. The number of aliphatic carboxylic acids is 1. The molecule has 1 unspecified atom stereocenters. The molecule has 0 spiro atoms. The van der Waals surface area contributed by atoms with Gasteiger partial charge in [0.15, 0.2) is 5.92 Å². The van der Waals surface area contributed by atoms with E-state index in [-0.39, 0.29) is 5.56 Å². The Hall–Kier alpha value is -2.25. The Kier molecular flexibility index (Phi) is 4.03. The fourth-order valence-corrected chi connectivity index (χ4v) is 1.50. The lowest BCUT2D eigenvalue weighted by Gasteiger charge is -2.15.